The zero-order valence-electron chi connectivity index (χ0n) is 10.9. The van der Waals surface area contributed by atoms with Crippen LogP contribution in [-0.2, 0) is 6.54 Å². The van der Waals surface area contributed by atoms with Crippen LogP contribution in [0.15, 0.2) is 24.3 Å². The molecule has 2 rings (SSSR count). The molecular formula is C14H15N3OS. The van der Waals surface area contributed by atoms with Gasteiger partial charge in [-0.1, -0.05) is 0 Å². The van der Waals surface area contributed by atoms with Gasteiger partial charge in [0.25, 0.3) is 0 Å². The Hall–Kier alpha value is -1.90. The van der Waals surface area contributed by atoms with Crippen molar-refractivity contribution in [2.24, 2.45) is 5.73 Å². The highest BCUT2D eigenvalue weighted by Gasteiger charge is 2.12. The maximum Gasteiger partial charge on any atom is 0.132 e. The van der Waals surface area contributed by atoms with E-state index in [4.69, 9.17) is 15.7 Å². The van der Waals surface area contributed by atoms with Gasteiger partial charge in [-0.15, -0.1) is 11.3 Å². The summed E-state index contributed by atoms with van der Waals surface area (Å²) >= 11 is 1.34. The minimum Gasteiger partial charge on any atom is -0.491 e. The summed E-state index contributed by atoms with van der Waals surface area (Å²) in [5.41, 5.74) is 7.17. The molecular weight excluding hydrogens is 258 g/mol. The molecule has 0 aliphatic heterocycles. The van der Waals surface area contributed by atoms with E-state index in [-0.39, 0.29) is 6.10 Å². The number of benzene rings is 1. The SMILES string of the molecule is CC(C)Oc1ccc(-c2nc(CN)sc2C#N)cc1. The van der Waals surface area contributed by atoms with Crippen molar-refractivity contribution in [1.29, 1.82) is 5.26 Å². The summed E-state index contributed by atoms with van der Waals surface area (Å²) in [5, 5.41) is 9.89. The molecule has 1 aromatic carbocycles. The monoisotopic (exact) mass is 273 g/mol. The first-order valence-corrected chi connectivity index (χ1v) is 6.82. The Balaban J connectivity index is 2.32. The van der Waals surface area contributed by atoms with Gasteiger partial charge < -0.3 is 10.5 Å². The van der Waals surface area contributed by atoms with Crippen molar-refractivity contribution in [3.05, 3.63) is 34.2 Å². The molecule has 4 nitrogen and oxygen atoms in total. The van der Waals surface area contributed by atoms with Gasteiger partial charge in [0.05, 0.1) is 11.8 Å². The number of hydrogen-bond donors (Lipinski definition) is 1. The van der Waals surface area contributed by atoms with Gasteiger partial charge in [0.1, 0.15) is 21.7 Å². The molecule has 1 aromatic heterocycles. The molecule has 0 bridgehead atoms. The normalized spacial score (nSPS) is 10.5. The van der Waals surface area contributed by atoms with Gasteiger partial charge in [0, 0.05) is 12.1 Å². The second-order valence-electron chi connectivity index (χ2n) is 4.29. The third-order valence-electron chi connectivity index (χ3n) is 2.45. The molecule has 0 atom stereocenters. The fraction of sp³-hybridized carbons (Fsp3) is 0.286. The van der Waals surface area contributed by atoms with E-state index in [1.54, 1.807) is 0 Å². The largest absolute Gasteiger partial charge is 0.491 e. The van der Waals surface area contributed by atoms with Gasteiger partial charge in [-0.05, 0) is 38.1 Å². The Morgan fingerprint density at radius 2 is 2.05 bits per heavy atom. The second-order valence-corrected chi connectivity index (χ2v) is 5.38. The summed E-state index contributed by atoms with van der Waals surface area (Å²) in [5.74, 6) is 0.812. The summed E-state index contributed by atoms with van der Waals surface area (Å²) in [6, 6.07) is 9.76. The lowest BCUT2D eigenvalue weighted by Crippen LogP contribution is -2.05. The van der Waals surface area contributed by atoms with Gasteiger partial charge in [0.2, 0.25) is 0 Å². The molecule has 0 fully saturated rings. The third kappa shape index (κ3) is 3.11. The predicted octanol–water partition coefficient (Wildman–Crippen LogP) is 2.93. The average molecular weight is 273 g/mol. The zero-order chi connectivity index (χ0) is 13.8. The van der Waals surface area contributed by atoms with Crippen LogP contribution in [0.4, 0.5) is 0 Å². The molecule has 1 heterocycles. The summed E-state index contributed by atoms with van der Waals surface area (Å²) in [6.07, 6.45) is 0.142. The van der Waals surface area contributed by atoms with Crippen molar-refractivity contribution in [1.82, 2.24) is 4.98 Å². The van der Waals surface area contributed by atoms with Crippen LogP contribution in [0.5, 0.6) is 5.75 Å². The fourth-order valence-corrected chi connectivity index (χ4v) is 2.45. The Morgan fingerprint density at radius 1 is 1.37 bits per heavy atom. The van der Waals surface area contributed by atoms with E-state index in [0.29, 0.717) is 17.1 Å². The lowest BCUT2D eigenvalue weighted by atomic mass is 10.1. The maximum atomic E-state index is 9.12. The van der Waals surface area contributed by atoms with Gasteiger partial charge in [-0.25, -0.2) is 4.98 Å². The highest BCUT2D eigenvalue weighted by atomic mass is 32.1. The minimum atomic E-state index is 0.142. The minimum absolute atomic E-state index is 0.142. The lowest BCUT2D eigenvalue weighted by molar-refractivity contribution is 0.242. The summed E-state index contributed by atoms with van der Waals surface area (Å²) in [6.45, 7) is 4.32. The quantitative estimate of drug-likeness (QED) is 0.929. The Morgan fingerprint density at radius 3 is 2.58 bits per heavy atom. The van der Waals surface area contributed by atoms with Gasteiger partial charge in [-0.3, -0.25) is 0 Å². The number of ether oxygens (including phenoxy) is 1. The molecule has 0 radical (unpaired) electrons. The maximum absolute atomic E-state index is 9.12. The smallest absolute Gasteiger partial charge is 0.132 e. The van der Waals surface area contributed by atoms with Gasteiger partial charge in [0.15, 0.2) is 0 Å². The van der Waals surface area contributed by atoms with Crippen LogP contribution in [0, 0.1) is 11.3 Å². The first-order valence-electron chi connectivity index (χ1n) is 6.01. The first kappa shape index (κ1) is 13.5. The van der Waals surface area contributed by atoms with E-state index in [1.165, 1.54) is 11.3 Å². The van der Waals surface area contributed by atoms with Crippen LogP contribution in [-0.4, -0.2) is 11.1 Å². The van der Waals surface area contributed by atoms with Crippen LogP contribution in [0.1, 0.15) is 23.7 Å². The van der Waals surface area contributed by atoms with Crippen molar-refractivity contribution in [2.75, 3.05) is 0 Å². The number of nitriles is 1. The molecule has 2 aromatic rings. The average Bonchev–Trinajstić information content (AvgIpc) is 2.82. The first-order chi connectivity index (χ1) is 9.13. The molecule has 19 heavy (non-hydrogen) atoms. The van der Waals surface area contributed by atoms with Crippen molar-refractivity contribution < 1.29 is 4.74 Å². The molecule has 0 saturated heterocycles. The van der Waals surface area contributed by atoms with E-state index in [9.17, 15) is 0 Å². The third-order valence-corrected chi connectivity index (χ3v) is 3.43. The van der Waals surface area contributed by atoms with Crippen molar-refractivity contribution in [3.63, 3.8) is 0 Å². The van der Waals surface area contributed by atoms with E-state index >= 15 is 0 Å². The number of hydrogen-bond acceptors (Lipinski definition) is 5. The number of nitrogens with two attached hydrogens (primary N) is 1. The van der Waals surface area contributed by atoms with Crippen molar-refractivity contribution in [2.45, 2.75) is 26.5 Å². The zero-order valence-corrected chi connectivity index (χ0v) is 11.7. The molecule has 0 spiro atoms. The Kier molecular flexibility index (Phi) is 4.15. The van der Waals surface area contributed by atoms with E-state index in [0.717, 1.165) is 16.3 Å². The van der Waals surface area contributed by atoms with Gasteiger partial charge in [-0.2, -0.15) is 5.26 Å². The Bertz CT molecular complexity index is 596. The number of aromatic nitrogens is 1. The molecule has 0 aliphatic carbocycles. The molecule has 0 amide bonds. The van der Waals surface area contributed by atoms with E-state index in [1.807, 2.05) is 38.1 Å². The lowest BCUT2D eigenvalue weighted by Gasteiger charge is -2.09. The van der Waals surface area contributed by atoms with Crippen molar-refractivity contribution >= 4 is 11.3 Å². The van der Waals surface area contributed by atoms with E-state index in [2.05, 4.69) is 11.1 Å². The topological polar surface area (TPSA) is 71.9 Å². The molecule has 98 valence electrons. The number of nitrogens with zero attached hydrogens (tertiary/aromatic N) is 2. The summed E-state index contributed by atoms with van der Waals surface area (Å²) < 4.78 is 5.59. The molecule has 5 heteroatoms. The molecule has 0 aliphatic rings. The van der Waals surface area contributed by atoms with Crippen molar-refractivity contribution in [3.8, 4) is 23.1 Å². The van der Waals surface area contributed by atoms with Crippen LogP contribution in [0.25, 0.3) is 11.3 Å². The fourth-order valence-electron chi connectivity index (χ4n) is 1.69. The highest BCUT2D eigenvalue weighted by molar-refractivity contribution is 7.12. The Labute approximate surface area is 116 Å². The number of thiazole rings is 1. The summed E-state index contributed by atoms with van der Waals surface area (Å²) in [7, 11) is 0. The van der Waals surface area contributed by atoms with Crippen LogP contribution in [0.3, 0.4) is 0 Å². The molecule has 0 saturated carbocycles. The van der Waals surface area contributed by atoms with Gasteiger partial charge >= 0.3 is 0 Å². The highest BCUT2D eigenvalue weighted by Crippen LogP contribution is 2.29. The van der Waals surface area contributed by atoms with Crippen LogP contribution in [0.2, 0.25) is 0 Å². The van der Waals surface area contributed by atoms with Crippen LogP contribution < -0.4 is 10.5 Å². The standard InChI is InChI=1S/C14H15N3OS/c1-9(2)18-11-5-3-10(4-6-11)14-12(7-15)19-13(8-16)17-14/h3-6,9H,8,16H2,1-2H3. The van der Waals surface area contributed by atoms with E-state index < -0.39 is 0 Å². The molecule has 2 N–H and O–H groups in total. The number of rotatable bonds is 4. The second kappa shape index (κ2) is 5.83. The summed E-state index contributed by atoms with van der Waals surface area (Å²) in [4.78, 5) is 4.99. The van der Waals surface area contributed by atoms with Crippen LogP contribution >= 0.6 is 11.3 Å². The molecule has 0 unspecified atom stereocenters. The predicted molar refractivity (Wildman–Crippen MR) is 75.9 cm³/mol.